The molecule has 0 spiro atoms. The number of benzene rings is 1. The van der Waals surface area contributed by atoms with E-state index in [0.717, 1.165) is 36.6 Å². The van der Waals surface area contributed by atoms with E-state index in [1.165, 1.54) is 29.0 Å². The molecule has 4 atom stereocenters. The number of fused-ring (bicyclic) bond motifs is 3. The third-order valence-corrected chi connectivity index (χ3v) is 7.36. The fourth-order valence-corrected chi connectivity index (χ4v) is 5.61. The summed E-state index contributed by atoms with van der Waals surface area (Å²) in [6.07, 6.45) is 2.37. The summed E-state index contributed by atoms with van der Waals surface area (Å²) in [6.45, 7) is 2.92. The van der Waals surface area contributed by atoms with Crippen LogP contribution in [0.2, 0.25) is 0 Å². The molecule has 1 unspecified atom stereocenters. The number of hydrogen-bond donors (Lipinski definition) is 1. The zero-order valence-corrected chi connectivity index (χ0v) is 17.4. The second kappa shape index (κ2) is 7.76. The first-order valence-electron chi connectivity index (χ1n) is 10.3. The average molecular weight is 407 g/mol. The van der Waals surface area contributed by atoms with E-state index in [0.29, 0.717) is 17.9 Å². The Bertz CT molecular complexity index is 982. The minimum atomic E-state index is 0.0540. The predicted molar refractivity (Wildman–Crippen MR) is 116 cm³/mol. The molecule has 2 bridgehead atoms. The molecular weight excluding hydrogens is 380 g/mol. The number of thiophene rings is 1. The van der Waals surface area contributed by atoms with Crippen LogP contribution in [0.1, 0.15) is 34.1 Å². The summed E-state index contributed by atoms with van der Waals surface area (Å²) >= 11 is 1.50. The van der Waals surface area contributed by atoms with E-state index in [9.17, 15) is 4.79 Å². The van der Waals surface area contributed by atoms with E-state index in [1.54, 1.807) is 0 Å². The molecule has 150 valence electrons. The number of rotatable bonds is 5. The molecule has 1 aromatic carbocycles. The Balaban J connectivity index is 1.27. The van der Waals surface area contributed by atoms with Crippen molar-refractivity contribution in [3.63, 3.8) is 0 Å². The van der Waals surface area contributed by atoms with Gasteiger partial charge in [0.25, 0.3) is 5.91 Å². The number of aryl methyl sites for hydroxylation is 1. The number of hydrogen-bond acceptors (Lipinski definition) is 4. The topological polar surface area (TPSA) is 50.2 Å². The lowest BCUT2D eigenvalue weighted by molar-refractivity contribution is 0.0280. The van der Waals surface area contributed by atoms with Crippen LogP contribution in [0.4, 0.5) is 0 Å². The molecule has 6 rings (SSSR count). The number of nitrogens with one attached hydrogen (secondary N) is 1. The van der Waals surface area contributed by atoms with Gasteiger partial charge in [-0.15, -0.1) is 11.3 Å². The molecule has 6 heteroatoms. The minimum Gasteiger partial charge on any atom is -0.350 e. The fourth-order valence-electron chi connectivity index (χ4n) is 4.97. The maximum absolute atomic E-state index is 12.3. The highest BCUT2D eigenvalue weighted by atomic mass is 32.1. The van der Waals surface area contributed by atoms with Crippen molar-refractivity contribution in [1.82, 2.24) is 20.0 Å². The van der Waals surface area contributed by atoms with Crippen LogP contribution in [0.15, 0.2) is 53.9 Å². The first kappa shape index (κ1) is 18.6. The van der Waals surface area contributed by atoms with Crippen molar-refractivity contribution in [2.45, 2.75) is 24.8 Å². The summed E-state index contributed by atoms with van der Waals surface area (Å²) in [5, 5.41) is 9.88. The molecule has 0 saturated carbocycles. The van der Waals surface area contributed by atoms with Crippen molar-refractivity contribution in [1.29, 1.82) is 0 Å². The quantitative estimate of drug-likeness (QED) is 0.702. The normalized spacial score (nSPS) is 25.8. The summed E-state index contributed by atoms with van der Waals surface area (Å²) in [4.78, 5) is 15.6. The maximum atomic E-state index is 12.3. The van der Waals surface area contributed by atoms with Gasteiger partial charge in [-0.3, -0.25) is 14.4 Å². The summed E-state index contributed by atoms with van der Waals surface area (Å²) in [5.41, 5.74) is 3.56. The third kappa shape index (κ3) is 3.63. The summed E-state index contributed by atoms with van der Waals surface area (Å²) in [7, 11) is 2.07. The smallest absolute Gasteiger partial charge is 0.261 e. The maximum Gasteiger partial charge on any atom is 0.261 e. The van der Waals surface area contributed by atoms with E-state index in [4.69, 9.17) is 5.10 Å². The van der Waals surface area contributed by atoms with Crippen molar-refractivity contribution < 1.29 is 4.79 Å². The lowest BCUT2D eigenvalue weighted by atomic mass is 9.74. The van der Waals surface area contributed by atoms with Crippen LogP contribution in [0.3, 0.4) is 0 Å². The molecule has 3 aliphatic rings. The number of piperidine rings is 3. The average Bonchev–Trinajstić information content (AvgIpc) is 3.43. The predicted octanol–water partition coefficient (Wildman–Crippen LogP) is 3.76. The molecule has 5 nitrogen and oxygen atoms in total. The molecule has 1 N–H and O–H groups in total. The van der Waals surface area contributed by atoms with Gasteiger partial charge in [-0.1, -0.05) is 36.4 Å². The first-order valence-corrected chi connectivity index (χ1v) is 11.2. The molecule has 2 aromatic heterocycles. The summed E-state index contributed by atoms with van der Waals surface area (Å²) in [6, 6.07) is 16.9. The molecule has 5 heterocycles. The SMILES string of the molecule is Cn1nc(-c2ccccc2)cc1[C@H]1CN2CC[C@H]1C[C@@H]2CNC(=O)c1cccs1. The van der Waals surface area contributed by atoms with Crippen LogP contribution in [-0.4, -0.2) is 46.3 Å². The van der Waals surface area contributed by atoms with Gasteiger partial charge in [0, 0.05) is 43.4 Å². The van der Waals surface area contributed by atoms with Crippen LogP contribution >= 0.6 is 11.3 Å². The first-order chi connectivity index (χ1) is 14.2. The molecule has 1 amide bonds. The number of nitrogens with zero attached hydrogens (tertiary/aromatic N) is 3. The van der Waals surface area contributed by atoms with Crippen molar-refractivity contribution >= 4 is 17.2 Å². The van der Waals surface area contributed by atoms with E-state index in [1.807, 2.05) is 23.6 Å². The zero-order valence-electron chi connectivity index (χ0n) is 16.6. The molecule has 0 radical (unpaired) electrons. The van der Waals surface area contributed by atoms with E-state index in [-0.39, 0.29) is 5.91 Å². The Morgan fingerprint density at radius 1 is 1.24 bits per heavy atom. The highest BCUT2D eigenvalue weighted by Crippen LogP contribution is 2.42. The Morgan fingerprint density at radius 3 is 2.83 bits per heavy atom. The Kier molecular flexibility index (Phi) is 4.97. The minimum absolute atomic E-state index is 0.0540. The Hall–Kier alpha value is -2.44. The van der Waals surface area contributed by atoms with Crippen molar-refractivity contribution in [3.05, 3.63) is 64.5 Å². The van der Waals surface area contributed by atoms with Gasteiger partial charge < -0.3 is 5.32 Å². The standard InChI is InChI=1S/C23H26N4OS/c1-26-21(13-20(25-26)16-6-3-2-4-7-16)19-15-27-10-9-17(19)12-18(27)14-24-23(28)22-8-5-11-29-22/h2-8,11,13,17-19H,9-10,12,14-15H2,1H3,(H,24,28)/t17-,18+,19-/m0/s1. The van der Waals surface area contributed by atoms with E-state index in [2.05, 4.69) is 52.3 Å². The van der Waals surface area contributed by atoms with Gasteiger partial charge in [-0.25, -0.2) is 0 Å². The molecule has 29 heavy (non-hydrogen) atoms. The fraction of sp³-hybridized carbons (Fsp3) is 0.391. The lowest BCUT2D eigenvalue weighted by Crippen LogP contribution is -2.56. The van der Waals surface area contributed by atoms with Gasteiger partial charge in [0.2, 0.25) is 0 Å². The highest BCUT2D eigenvalue weighted by molar-refractivity contribution is 7.12. The lowest BCUT2D eigenvalue weighted by Gasteiger charge is -2.49. The van der Waals surface area contributed by atoms with Gasteiger partial charge in [0.1, 0.15) is 0 Å². The number of carbonyl (C=O) groups excluding carboxylic acids is 1. The number of aromatic nitrogens is 2. The van der Waals surface area contributed by atoms with Gasteiger partial charge in [-0.2, -0.15) is 5.10 Å². The van der Waals surface area contributed by atoms with Crippen molar-refractivity contribution in [3.8, 4) is 11.3 Å². The zero-order chi connectivity index (χ0) is 19.8. The van der Waals surface area contributed by atoms with Crippen LogP contribution in [0.25, 0.3) is 11.3 Å². The van der Waals surface area contributed by atoms with E-state index < -0.39 is 0 Å². The molecule has 3 fully saturated rings. The van der Waals surface area contributed by atoms with Crippen LogP contribution in [0.5, 0.6) is 0 Å². The van der Waals surface area contributed by atoms with Gasteiger partial charge in [0.05, 0.1) is 10.6 Å². The van der Waals surface area contributed by atoms with Crippen LogP contribution in [-0.2, 0) is 7.05 Å². The molecule has 3 saturated heterocycles. The van der Waals surface area contributed by atoms with Gasteiger partial charge in [-0.05, 0) is 42.8 Å². The summed E-state index contributed by atoms with van der Waals surface area (Å²) < 4.78 is 2.07. The molecule has 3 aromatic rings. The largest absolute Gasteiger partial charge is 0.350 e. The van der Waals surface area contributed by atoms with Crippen LogP contribution < -0.4 is 5.32 Å². The van der Waals surface area contributed by atoms with Gasteiger partial charge >= 0.3 is 0 Å². The second-order valence-electron chi connectivity index (χ2n) is 8.17. The second-order valence-corrected chi connectivity index (χ2v) is 9.12. The molecule has 3 aliphatic heterocycles. The molecular formula is C23H26N4OS. The Morgan fingerprint density at radius 2 is 2.10 bits per heavy atom. The third-order valence-electron chi connectivity index (χ3n) is 6.49. The van der Waals surface area contributed by atoms with Crippen molar-refractivity contribution in [2.75, 3.05) is 19.6 Å². The Labute approximate surface area is 175 Å². The van der Waals surface area contributed by atoms with Gasteiger partial charge in [0.15, 0.2) is 0 Å². The van der Waals surface area contributed by atoms with E-state index >= 15 is 0 Å². The monoisotopic (exact) mass is 406 g/mol. The highest BCUT2D eigenvalue weighted by Gasteiger charge is 2.41. The van der Waals surface area contributed by atoms with Crippen molar-refractivity contribution in [2.24, 2.45) is 13.0 Å². The summed E-state index contributed by atoms with van der Waals surface area (Å²) in [5.74, 6) is 1.23. The number of amides is 1. The van der Waals surface area contributed by atoms with Crippen LogP contribution in [0, 0.1) is 5.92 Å². The molecule has 0 aliphatic carbocycles. The number of carbonyl (C=O) groups is 1.